The number of ketones is 1. The Bertz CT molecular complexity index is 966. The summed E-state index contributed by atoms with van der Waals surface area (Å²) in [4.78, 5) is 40.5. The summed E-state index contributed by atoms with van der Waals surface area (Å²) in [6, 6.07) is 13.2. The van der Waals surface area contributed by atoms with E-state index >= 15 is 0 Å². The normalized spacial score (nSPS) is 15.3. The Morgan fingerprint density at radius 1 is 1.03 bits per heavy atom. The van der Waals surface area contributed by atoms with Crippen molar-refractivity contribution in [2.75, 3.05) is 20.2 Å². The molecule has 0 unspecified atom stereocenters. The molecule has 2 aromatic rings. The number of nitrogens with zero attached hydrogens (tertiary/aromatic N) is 1. The number of likely N-dealkylation sites (tertiary alicyclic amines) is 1. The average molecular weight is 457 g/mol. The second kappa shape index (κ2) is 10.6. The predicted octanol–water partition coefficient (Wildman–Crippen LogP) is 4.22. The largest absolute Gasteiger partial charge is 0.497 e. The van der Waals surface area contributed by atoms with Crippen molar-refractivity contribution in [3.63, 3.8) is 0 Å². The molecule has 7 heteroatoms. The van der Waals surface area contributed by atoms with Crippen LogP contribution in [0.25, 0.3) is 0 Å². The molecule has 1 atom stereocenters. The number of nitrogens with one attached hydrogen (secondary N) is 1. The molecule has 1 aliphatic rings. The third-order valence-electron chi connectivity index (χ3n) is 5.89. The number of carbonyl (C=O) groups excluding carboxylic acids is 3. The van der Waals surface area contributed by atoms with Gasteiger partial charge in [0.05, 0.1) is 17.7 Å². The molecule has 1 saturated heterocycles. The van der Waals surface area contributed by atoms with Gasteiger partial charge in [0, 0.05) is 24.6 Å². The van der Waals surface area contributed by atoms with E-state index in [-0.39, 0.29) is 29.4 Å². The molecule has 0 aliphatic carbocycles. The van der Waals surface area contributed by atoms with Crippen molar-refractivity contribution in [2.24, 2.45) is 11.8 Å². The van der Waals surface area contributed by atoms with Crippen molar-refractivity contribution >= 4 is 29.2 Å². The first-order valence-corrected chi connectivity index (χ1v) is 11.2. The standard InChI is InChI=1S/C25H29ClN2O4/c1-16(2)22(27-24(30)20-6-4-5-7-21(20)26)25(31)28-14-12-18(13-15-28)23(29)17-8-10-19(32-3)11-9-17/h4-11,16,18,22H,12-15H2,1-3H3,(H,27,30)/t22-/m1/s1. The van der Waals surface area contributed by atoms with Crippen LogP contribution < -0.4 is 10.1 Å². The van der Waals surface area contributed by atoms with Gasteiger partial charge in [0.15, 0.2) is 5.78 Å². The molecule has 1 N–H and O–H groups in total. The second-order valence-corrected chi connectivity index (χ2v) is 8.77. The molecule has 32 heavy (non-hydrogen) atoms. The number of hydrogen-bond acceptors (Lipinski definition) is 4. The molecule has 6 nitrogen and oxygen atoms in total. The predicted molar refractivity (Wildman–Crippen MR) is 124 cm³/mol. The number of halogens is 1. The number of benzene rings is 2. The molecule has 0 spiro atoms. The summed E-state index contributed by atoms with van der Waals surface area (Å²) in [6.45, 7) is 4.76. The van der Waals surface area contributed by atoms with E-state index in [0.717, 1.165) is 0 Å². The number of amides is 2. The highest BCUT2D eigenvalue weighted by Crippen LogP contribution is 2.24. The van der Waals surface area contributed by atoms with Crippen LogP contribution in [0.3, 0.4) is 0 Å². The maximum atomic E-state index is 13.2. The van der Waals surface area contributed by atoms with Gasteiger partial charge in [-0.25, -0.2) is 0 Å². The molecule has 0 radical (unpaired) electrons. The van der Waals surface area contributed by atoms with E-state index in [1.165, 1.54) is 0 Å². The Labute approximate surface area is 193 Å². The van der Waals surface area contributed by atoms with E-state index in [1.54, 1.807) is 60.5 Å². The zero-order valence-electron chi connectivity index (χ0n) is 18.6. The Balaban J connectivity index is 1.61. The van der Waals surface area contributed by atoms with Gasteiger partial charge in [0.25, 0.3) is 5.91 Å². The van der Waals surface area contributed by atoms with E-state index in [4.69, 9.17) is 16.3 Å². The highest BCUT2D eigenvalue weighted by molar-refractivity contribution is 6.33. The molecule has 2 amide bonds. The lowest BCUT2D eigenvalue weighted by Crippen LogP contribution is -2.53. The topological polar surface area (TPSA) is 75.7 Å². The van der Waals surface area contributed by atoms with E-state index in [0.29, 0.717) is 47.8 Å². The van der Waals surface area contributed by atoms with Gasteiger partial charge in [-0.15, -0.1) is 0 Å². The lowest BCUT2D eigenvalue weighted by Gasteiger charge is -2.35. The average Bonchev–Trinajstić information content (AvgIpc) is 2.81. The molecule has 0 bridgehead atoms. The SMILES string of the molecule is COc1ccc(C(=O)C2CCN(C(=O)[C@H](NC(=O)c3ccccc3Cl)C(C)C)CC2)cc1. The highest BCUT2D eigenvalue weighted by Gasteiger charge is 2.33. The molecular weight excluding hydrogens is 428 g/mol. The minimum atomic E-state index is -0.660. The van der Waals surface area contributed by atoms with Crippen LogP contribution in [0.5, 0.6) is 5.75 Å². The summed E-state index contributed by atoms with van der Waals surface area (Å²) in [6.07, 6.45) is 1.19. The van der Waals surface area contributed by atoms with Crippen molar-refractivity contribution in [3.8, 4) is 5.75 Å². The summed E-state index contributed by atoms with van der Waals surface area (Å²) >= 11 is 6.13. The van der Waals surface area contributed by atoms with Crippen molar-refractivity contribution in [2.45, 2.75) is 32.7 Å². The molecule has 0 saturated carbocycles. The Morgan fingerprint density at radius 3 is 2.22 bits per heavy atom. The molecule has 1 fully saturated rings. The maximum absolute atomic E-state index is 13.2. The number of hydrogen-bond donors (Lipinski definition) is 1. The fourth-order valence-electron chi connectivity index (χ4n) is 3.93. The van der Waals surface area contributed by atoms with E-state index < -0.39 is 6.04 Å². The van der Waals surface area contributed by atoms with Gasteiger partial charge in [0.2, 0.25) is 5.91 Å². The summed E-state index contributed by atoms with van der Waals surface area (Å²) in [7, 11) is 1.59. The van der Waals surface area contributed by atoms with E-state index in [9.17, 15) is 14.4 Å². The summed E-state index contributed by atoms with van der Waals surface area (Å²) in [5.41, 5.74) is 0.999. The van der Waals surface area contributed by atoms with Gasteiger partial charge >= 0.3 is 0 Å². The molecular formula is C25H29ClN2O4. The van der Waals surface area contributed by atoms with Crippen LogP contribution in [-0.2, 0) is 4.79 Å². The molecule has 170 valence electrons. The fourth-order valence-corrected chi connectivity index (χ4v) is 4.15. The van der Waals surface area contributed by atoms with Crippen LogP contribution in [0, 0.1) is 11.8 Å². The van der Waals surface area contributed by atoms with Crippen LogP contribution in [0.1, 0.15) is 47.4 Å². The minimum absolute atomic E-state index is 0.0900. The fraction of sp³-hybridized carbons (Fsp3) is 0.400. The minimum Gasteiger partial charge on any atom is -0.497 e. The van der Waals surface area contributed by atoms with Crippen molar-refractivity contribution in [3.05, 3.63) is 64.7 Å². The number of rotatable bonds is 7. The Morgan fingerprint density at radius 2 is 1.66 bits per heavy atom. The lowest BCUT2D eigenvalue weighted by atomic mass is 9.88. The van der Waals surface area contributed by atoms with E-state index in [2.05, 4.69) is 5.32 Å². The lowest BCUT2D eigenvalue weighted by molar-refractivity contribution is -0.135. The number of piperidine rings is 1. The second-order valence-electron chi connectivity index (χ2n) is 8.37. The summed E-state index contributed by atoms with van der Waals surface area (Å²) in [5, 5.41) is 3.19. The van der Waals surface area contributed by atoms with Crippen LogP contribution in [-0.4, -0.2) is 48.7 Å². The smallest absolute Gasteiger partial charge is 0.253 e. The van der Waals surface area contributed by atoms with Gasteiger partial charge < -0.3 is 15.0 Å². The van der Waals surface area contributed by atoms with Gasteiger partial charge in [-0.05, 0) is 55.2 Å². The number of ether oxygens (including phenoxy) is 1. The van der Waals surface area contributed by atoms with E-state index in [1.807, 2.05) is 13.8 Å². The monoisotopic (exact) mass is 456 g/mol. The Kier molecular flexibility index (Phi) is 7.91. The molecule has 0 aromatic heterocycles. The summed E-state index contributed by atoms with van der Waals surface area (Å²) < 4.78 is 5.15. The number of Topliss-reactive ketones (excluding diaryl/α,β-unsaturated/α-hetero) is 1. The van der Waals surface area contributed by atoms with Crippen molar-refractivity contribution in [1.29, 1.82) is 0 Å². The zero-order chi connectivity index (χ0) is 23.3. The molecule has 2 aromatic carbocycles. The molecule has 1 heterocycles. The first kappa shape index (κ1) is 23.8. The Hall–Kier alpha value is -2.86. The molecule has 1 aliphatic heterocycles. The number of carbonyl (C=O) groups is 3. The third-order valence-corrected chi connectivity index (χ3v) is 6.22. The van der Waals surface area contributed by atoms with Gasteiger partial charge in [-0.2, -0.15) is 0 Å². The number of methoxy groups -OCH3 is 1. The zero-order valence-corrected chi connectivity index (χ0v) is 19.4. The van der Waals surface area contributed by atoms with Crippen molar-refractivity contribution < 1.29 is 19.1 Å². The quantitative estimate of drug-likeness (QED) is 0.633. The van der Waals surface area contributed by atoms with Crippen LogP contribution >= 0.6 is 11.6 Å². The van der Waals surface area contributed by atoms with Gasteiger partial charge in [-0.1, -0.05) is 37.6 Å². The van der Waals surface area contributed by atoms with Crippen LogP contribution in [0.2, 0.25) is 5.02 Å². The van der Waals surface area contributed by atoms with Crippen LogP contribution in [0.4, 0.5) is 0 Å². The van der Waals surface area contributed by atoms with Gasteiger partial charge in [-0.3, -0.25) is 14.4 Å². The van der Waals surface area contributed by atoms with Crippen molar-refractivity contribution in [1.82, 2.24) is 10.2 Å². The maximum Gasteiger partial charge on any atom is 0.253 e. The van der Waals surface area contributed by atoms with Crippen LogP contribution in [0.15, 0.2) is 48.5 Å². The van der Waals surface area contributed by atoms with Gasteiger partial charge in [0.1, 0.15) is 11.8 Å². The first-order valence-electron chi connectivity index (χ1n) is 10.8. The first-order chi connectivity index (χ1) is 15.3. The third kappa shape index (κ3) is 5.49. The highest BCUT2D eigenvalue weighted by atomic mass is 35.5. The summed E-state index contributed by atoms with van der Waals surface area (Å²) in [5.74, 6) is 0.0888. The molecule has 3 rings (SSSR count).